The van der Waals surface area contributed by atoms with Crippen molar-refractivity contribution in [1.82, 2.24) is 15.0 Å². The predicted molar refractivity (Wildman–Crippen MR) is 160 cm³/mol. The van der Waals surface area contributed by atoms with Crippen LogP contribution in [-0.4, -0.2) is 48.3 Å². The van der Waals surface area contributed by atoms with Crippen LogP contribution in [0.2, 0.25) is 0 Å². The molecule has 0 radical (unpaired) electrons. The lowest BCUT2D eigenvalue weighted by atomic mass is 9.99. The number of carbonyl (C=O) groups is 1. The third kappa shape index (κ3) is 6.20. The molecule has 0 aliphatic rings. The molecule has 10 nitrogen and oxygen atoms in total. The highest BCUT2D eigenvalue weighted by Crippen LogP contribution is 2.35. The Kier molecular flexibility index (Phi) is 8.81. The second-order valence-electron chi connectivity index (χ2n) is 9.68. The minimum Gasteiger partial charge on any atom is -0.491 e. The molecule has 0 bridgehead atoms. The number of halogens is 2. The van der Waals surface area contributed by atoms with Crippen molar-refractivity contribution in [3.05, 3.63) is 99.6 Å². The summed E-state index contributed by atoms with van der Waals surface area (Å²) in [6.07, 6.45) is 1.48. The zero-order chi connectivity index (χ0) is 31.4. The summed E-state index contributed by atoms with van der Waals surface area (Å²) in [6, 6.07) is 12.4. The molecule has 0 saturated carbocycles. The fraction of sp³-hybridized carbons (Fsp3) is 0.188. The van der Waals surface area contributed by atoms with Crippen LogP contribution in [0.5, 0.6) is 23.1 Å². The van der Waals surface area contributed by atoms with Gasteiger partial charge in [0.1, 0.15) is 23.5 Å². The average Bonchev–Trinajstić information content (AvgIpc) is 2.99. The van der Waals surface area contributed by atoms with Crippen LogP contribution in [0, 0.1) is 25.5 Å². The molecule has 12 heteroatoms. The van der Waals surface area contributed by atoms with Crippen molar-refractivity contribution < 1.29 is 32.5 Å². The first-order valence-electron chi connectivity index (χ1n) is 13.4. The maximum absolute atomic E-state index is 15.3. The monoisotopic (exact) mass is 602 g/mol. The Hall–Kier alpha value is -5.36. The number of amides is 1. The zero-order valence-corrected chi connectivity index (χ0v) is 24.3. The van der Waals surface area contributed by atoms with Gasteiger partial charge < -0.3 is 29.2 Å². The van der Waals surface area contributed by atoms with E-state index in [-0.39, 0.29) is 40.8 Å². The molecule has 44 heavy (non-hydrogen) atoms. The molecule has 5 aromatic rings. The summed E-state index contributed by atoms with van der Waals surface area (Å²) >= 11 is 0. The number of pyridine rings is 3. The number of hydrogen-bond acceptors (Lipinski definition) is 8. The molecule has 5 rings (SSSR count). The Labute approximate surface area is 250 Å². The van der Waals surface area contributed by atoms with Crippen LogP contribution in [0.3, 0.4) is 0 Å². The first kappa shape index (κ1) is 30.1. The van der Waals surface area contributed by atoms with E-state index in [4.69, 9.17) is 18.9 Å². The van der Waals surface area contributed by atoms with Crippen molar-refractivity contribution in [2.75, 3.05) is 32.8 Å². The van der Waals surface area contributed by atoms with Gasteiger partial charge in [-0.1, -0.05) is 12.1 Å². The highest BCUT2D eigenvalue weighted by molar-refractivity contribution is 6.05. The first-order valence-corrected chi connectivity index (χ1v) is 13.4. The van der Waals surface area contributed by atoms with Gasteiger partial charge in [0.15, 0.2) is 23.1 Å². The molecule has 3 aromatic heterocycles. The van der Waals surface area contributed by atoms with Crippen LogP contribution in [0.25, 0.3) is 22.2 Å². The Morgan fingerprint density at radius 3 is 2.41 bits per heavy atom. The standard InChI is InChI=1S/C32H28F2N4O6/c1-17-27(19-5-7-20(33)8-6-19)30(39)28(18(2)36-17)31(40)37-21-9-10-24(22(34)15-21)44-25-11-12-35-23-16-26(42-4)32(38-29(23)25)43-14-13-41-3/h5-12,15-16H,13-14H2,1-4H3,(H,36,39)(H,37,40). The summed E-state index contributed by atoms with van der Waals surface area (Å²) in [5, 5.41) is 2.58. The molecule has 1 amide bonds. The highest BCUT2D eigenvalue weighted by Gasteiger charge is 2.21. The van der Waals surface area contributed by atoms with Gasteiger partial charge in [0.25, 0.3) is 11.8 Å². The molecule has 3 heterocycles. The second-order valence-corrected chi connectivity index (χ2v) is 9.68. The van der Waals surface area contributed by atoms with E-state index < -0.39 is 23.0 Å². The van der Waals surface area contributed by atoms with E-state index in [0.29, 0.717) is 40.3 Å². The molecule has 0 saturated heterocycles. The van der Waals surface area contributed by atoms with E-state index in [1.54, 1.807) is 27.0 Å². The number of aromatic amines is 1. The topological polar surface area (TPSA) is 125 Å². The van der Waals surface area contributed by atoms with Crippen molar-refractivity contribution in [1.29, 1.82) is 0 Å². The van der Waals surface area contributed by atoms with Gasteiger partial charge in [-0.25, -0.2) is 13.8 Å². The molecule has 0 aliphatic carbocycles. The number of aromatic nitrogens is 3. The smallest absolute Gasteiger partial charge is 0.261 e. The highest BCUT2D eigenvalue weighted by atomic mass is 19.1. The lowest BCUT2D eigenvalue weighted by Crippen LogP contribution is -2.26. The summed E-state index contributed by atoms with van der Waals surface area (Å²) < 4.78 is 50.6. The molecule has 226 valence electrons. The van der Waals surface area contributed by atoms with Gasteiger partial charge in [-0.3, -0.25) is 14.6 Å². The van der Waals surface area contributed by atoms with Crippen LogP contribution in [0.15, 0.2) is 65.6 Å². The van der Waals surface area contributed by atoms with Crippen LogP contribution in [0.4, 0.5) is 14.5 Å². The average molecular weight is 603 g/mol. The first-order chi connectivity index (χ1) is 21.2. The van der Waals surface area contributed by atoms with E-state index in [1.807, 2.05) is 0 Å². The van der Waals surface area contributed by atoms with Crippen LogP contribution in [0.1, 0.15) is 21.7 Å². The van der Waals surface area contributed by atoms with Gasteiger partial charge in [-0.05, 0) is 43.7 Å². The molecule has 0 fully saturated rings. The van der Waals surface area contributed by atoms with Gasteiger partial charge >= 0.3 is 0 Å². The Bertz CT molecular complexity index is 1910. The fourth-order valence-electron chi connectivity index (χ4n) is 4.65. The van der Waals surface area contributed by atoms with Crippen LogP contribution < -0.4 is 25.0 Å². The zero-order valence-electron chi connectivity index (χ0n) is 24.3. The number of nitrogens with one attached hydrogen (secondary N) is 2. The maximum Gasteiger partial charge on any atom is 0.261 e. The molecule has 2 N–H and O–H groups in total. The lowest BCUT2D eigenvalue weighted by Gasteiger charge is -2.14. The number of fused-ring (bicyclic) bond motifs is 1. The van der Waals surface area contributed by atoms with Crippen molar-refractivity contribution >= 4 is 22.6 Å². The summed E-state index contributed by atoms with van der Waals surface area (Å²) in [5.74, 6) is -1.35. The van der Waals surface area contributed by atoms with Gasteiger partial charge in [-0.15, -0.1) is 0 Å². The number of methoxy groups -OCH3 is 2. The number of carbonyl (C=O) groups excluding carboxylic acids is 1. The normalized spacial score (nSPS) is 11.0. The number of hydrogen-bond donors (Lipinski definition) is 2. The SMILES string of the molecule is COCCOc1nc2c(Oc3ccc(NC(=O)c4c(C)[nH]c(C)c(-c5ccc(F)cc5)c4=O)cc3F)ccnc2cc1OC. The van der Waals surface area contributed by atoms with Crippen molar-refractivity contribution in [2.45, 2.75) is 13.8 Å². The third-order valence-corrected chi connectivity index (χ3v) is 6.70. The number of aryl methyl sites for hydroxylation is 2. The molecule has 0 aliphatic heterocycles. The second kappa shape index (κ2) is 12.9. The fourth-order valence-corrected chi connectivity index (χ4v) is 4.65. The number of anilines is 1. The van der Waals surface area contributed by atoms with E-state index in [2.05, 4.69) is 20.3 Å². The quantitative estimate of drug-likeness (QED) is 0.188. The number of nitrogens with zero attached hydrogens (tertiary/aromatic N) is 2. The van der Waals surface area contributed by atoms with Crippen LogP contribution >= 0.6 is 0 Å². The molecule has 0 spiro atoms. The number of rotatable bonds is 10. The minimum atomic E-state index is -0.778. The van der Waals surface area contributed by atoms with Crippen molar-refractivity contribution in [2.24, 2.45) is 0 Å². The van der Waals surface area contributed by atoms with E-state index in [9.17, 15) is 14.0 Å². The Morgan fingerprint density at radius 1 is 0.932 bits per heavy atom. The number of H-pyrrole nitrogens is 1. The van der Waals surface area contributed by atoms with E-state index in [1.165, 1.54) is 55.8 Å². The Balaban J connectivity index is 1.40. The van der Waals surface area contributed by atoms with Crippen molar-refractivity contribution in [3.63, 3.8) is 0 Å². The number of benzene rings is 2. The van der Waals surface area contributed by atoms with Gasteiger partial charge in [0.2, 0.25) is 5.43 Å². The summed E-state index contributed by atoms with van der Waals surface area (Å²) in [4.78, 5) is 38.4. The third-order valence-electron chi connectivity index (χ3n) is 6.70. The lowest BCUT2D eigenvalue weighted by molar-refractivity contribution is 0.102. The number of ether oxygens (including phenoxy) is 4. The summed E-state index contributed by atoms with van der Waals surface area (Å²) in [7, 11) is 3.02. The summed E-state index contributed by atoms with van der Waals surface area (Å²) in [5.41, 5.74) is 1.69. The molecular formula is C32H28F2N4O6. The molecule has 0 atom stereocenters. The maximum atomic E-state index is 15.3. The Morgan fingerprint density at radius 2 is 1.70 bits per heavy atom. The minimum absolute atomic E-state index is 0.0961. The largest absolute Gasteiger partial charge is 0.491 e. The van der Waals surface area contributed by atoms with Gasteiger partial charge in [0, 0.05) is 54.1 Å². The van der Waals surface area contributed by atoms with E-state index in [0.717, 1.165) is 6.07 Å². The molecule has 2 aromatic carbocycles. The summed E-state index contributed by atoms with van der Waals surface area (Å²) in [6.45, 7) is 3.84. The predicted octanol–water partition coefficient (Wildman–Crippen LogP) is 5.96. The van der Waals surface area contributed by atoms with Crippen LogP contribution in [-0.2, 0) is 4.74 Å². The van der Waals surface area contributed by atoms with Gasteiger partial charge in [0.05, 0.1) is 19.2 Å². The van der Waals surface area contributed by atoms with E-state index >= 15 is 4.39 Å². The van der Waals surface area contributed by atoms with Crippen molar-refractivity contribution in [3.8, 4) is 34.3 Å². The molecule has 0 unspecified atom stereocenters. The molecular weight excluding hydrogens is 574 g/mol. The van der Waals surface area contributed by atoms with Gasteiger partial charge in [-0.2, -0.15) is 0 Å².